The number of hydrogen-bond donors (Lipinski definition) is 0. The zero-order valence-electron chi connectivity index (χ0n) is 18.2. The Hall–Kier alpha value is -2.23. The summed E-state index contributed by atoms with van der Waals surface area (Å²) in [5, 5.41) is 0. The summed E-state index contributed by atoms with van der Waals surface area (Å²) < 4.78 is 5.60. The molecule has 0 aromatic rings. The molecular weight excluding hydrogens is 376 g/mol. The van der Waals surface area contributed by atoms with Crippen LogP contribution in [0.1, 0.15) is 65.7 Å². The summed E-state index contributed by atoms with van der Waals surface area (Å²) in [4.78, 5) is 38.7. The van der Waals surface area contributed by atoms with Crippen LogP contribution >= 0.6 is 0 Å². The molecule has 0 N–H and O–H groups in total. The van der Waals surface area contributed by atoms with Crippen LogP contribution in [0.5, 0.6) is 0 Å². The molecule has 0 bridgehead atoms. The van der Waals surface area contributed by atoms with Crippen LogP contribution in [0.2, 0.25) is 0 Å². The van der Waals surface area contributed by atoms with Crippen LogP contribution in [-0.2, 0) is 19.1 Å². The van der Waals surface area contributed by atoms with Crippen LogP contribution in [0.15, 0.2) is 46.6 Å². The van der Waals surface area contributed by atoms with E-state index < -0.39 is 11.3 Å². The van der Waals surface area contributed by atoms with E-state index in [1.54, 1.807) is 6.08 Å². The van der Waals surface area contributed by atoms with Gasteiger partial charge in [0.25, 0.3) is 0 Å². The van der Waals surface area contributed by atoms with Gasteiger partial charge in [0.2, 0.25) is 0 Å². The summed E-state index contributed by atoms with van der Waals surface area (Å²) in [6.07, 6.45) is 13.1. The summed E-state index contributed by atoms with van der Waals surface area (Å²) in [6, 6.07) is 0. The first kappa shape index (κ1) is 19.7. The van der Waals surface area contributed by atoms with E-state index in [-0.39, 0.29) is 22.6 Å². The minimum absolute atomic E-state index is 0.0426. The molecule has 1 spiro atoms. The Labute approximate surface area is 178 Å². The molecule has 0 aliphatic heterocycles. The predicted octanol–water partition coefficient (Wildman–Crippen LogP) is 4.81. The maximum absolute atomic E-state index is 13.3. The van der Waals surface area contributed by atoms with Gasteiger partial charge in [-0.15, -0.1) is 0 Å². The fraction of sp³-hybridized carbons (Fsp3) is 0.577. The molecule has 4 heteroatoms. The number of allylic oxidation sites excluding steroid dienone is 6. The Morgan fingerprint density at radius 1 is 1.20 bits per heavy atom. The Balaban J connectivity index is 1.69. The van der Waals surface area contributed by atoms with Crippen molar-refractivity contribution in [1.29, 1.82) is 0 Å². The van der Waals surface area contributed by atoms with E-state index in [1.807, 2.05) is 19.1 Å². The highest BCUT2D eigenvalue weighted by Gasteiger charge is 2.65. The van der Waals surface area contributed by atoms with Gasteiger partial charge in [0.1, 0.15) is 11.7 Å². The van der Waals surface area contributed by atoms with Gasteiger partial charge in [-0.1, -0.05) is 43.2 Å². The lowest BCUT2D eigenvalue weighted by molar-refractivity contribution is -0.146. The maximum Gasteiger partial charge on any atom is 0.317 e. The SMILES string of the molecule is CCCOC(=O)[C@@H]1C=C2CC(=O)C=CC2(C)C2=C1C1=CC[C@@]3(C)CCC(=O)C13CC2. The number of carbonyl (C=O) groups is 3. The van der Waals surface area contributed by atoms with Crippen molar-refractivity contribution in [1.82, 2.24) is 0 Å². The number of ether oxygens (including phenoxy) is 1. The van der Waals surface area contributed by atoms with E-state index in [4.69, 9.17) is 4.74 Å². The topological polar surface area (TPSA) is 60.4 Å². The monoisotopic (exact) mass is 406 g/mol. The molecular formula is C26H30O4. The molecule has 0 aromatic carbocycles. The molecule has 4 nitrogen and oxygen atoms in total. The van der Waals surface area contributed by atoms with E-state index in [9.17, 15) is 14.4 Å². The molecule has 0 aromatic heterocycles. The number of esters is 1. The minimum atomic E-state index is -0.520. The van der Waals surface area contributed by atoms with E-state index in [1.165, 1.54) is 5.57 Å². The smallest absolute Gasteiger partial charge is 0.317 e. The van der Waals surface area contributed by atoms with Crippen molar-refractivity contribution in [2.45, 2.75) is 65.7 Å². The molecule has 0 amide bonds. The highest BCUT2D eigenvalue weighted by molar-refractivity contribution is 5.97. The zero-order valence-corrected chi connectivity index (χ0v) is 18.2. The van der Waals surface area contributed by atoms with Crippen molar-refractivity contribution in [3.63, 3.8) is 0 Å². The average molecular weight is 407 g/mol. The van der Waals surface area contributed by atoms with Gasteiger partial charge in [-0.2, -0.15) is 0 Å². The lowest BCUT2D eigenvalue weighted by Gasteiger charge is -2.50. The van der Waals surface area contributed by atoms with Crippen molar-refractivity contribution < 1.29 is 19.1 Å². The molecule has 1 saturated carbocycles. The van der Waals surface area contributed by atoms with Crippen LogP contribution < -0.4 is 0 Å². The highest BCUT2D eigenvalue weighted by atomic mass is 16.5. The predicted molar refractivity (Wildman–Crippen MR) is 113 cm³/mol. The van der Waals surface area contributed by atoms with Gasteiger partial charge in [0, 0.05) is 18.3 Å². The first-order valence-electron chi connectivity index (χ1n) is 11.3. The molecule has 2 unspecified atom stereocenters. The lowest BCUT2D eigenvalue weighted by Crippen LogP contribution is -2.45. The fourth-order valence-electron chi connectivity index (χ4n) is 6.91. The molecule has 158 valence electrons. The van der Waals surface area contributed by atoms with Gasteiger partial charge < -0.3 is 4.74 Å². The third kappa shape index (κ3) is 2.31. The molecule has 4 atom stereocenters. The number of Topliss-reactive ketones (excluding diaryl/α,β-unsaturated/α-hetero) is 1. The summed E-state index contributed by atoms with van der Waals surface area (Å²) >= 11 is 0. The van der Waals surface area contributed by atoms with Gasteiger partial charge in [-0.3, -0.25) is 14.4 Å². The quantitative estimate of drug-likeness (QED) is 0.499. The standard InChI is InChI=1S/C26H30O4/c1-4-13-30-23(29)18-15-16-14-17(27)5-11-25(16,3)19-7-12-26-20(22(18)19)6-9-24(26,2)10-8-21(26)28/h5-6,11,15,18H,4,7-10,12-14H2,1-3H3/t18-,24+,25?,26?/m1/s1. The summed E-state index contributed by atoms with van der Waals surface area (Å²) in [5.41, 5.74) is 3.48. The lowest BCUT2D eigenvalue weighted by atomic mass is 9.52. The first-order valence-corrected chi connectivity index (χ1v) is 11.3. The van der Waals surface area contributed by atoms with Crippen LogP contribution in [0.3, 0.4) is 0 Å². The number of rotatable bonds is 3. The molecule has 5 rings (SSSR count). The van der Waals surface area contributed by atoms with E-state index >= 15 is 0 Å². The number of carbonyl (C=O) groups excluding carboxylic acids is 3. The minimum Gasteiger partial charge on any atom is -0.465 e. The maximum atomic E-state index is 13.3. The van der Waals surface area contributed by atoms with E-state index in [0.29, 0.717) is 25.2 Å². The van der Waals surface area contributed by atoms with Gasteiger partial charge in [0.15, 0.2) is 5.78 Å². The second-order valence-corrected chi connectivity index (χ2v) is 10.1. The molecule has 0 radical (unpaired) electrons. The second kappa shape index (κ2) is 6.38. The van der Waals surface area contributed by atoms with Crippen molar-refractivity contribution in [2.24, 2.45) is 22.2 Å². The third-order valence-electron chi connectivity index (χ3n) is 8.63. The van der Waals surface area contributed by atoms with Gasteiger partial charge in [-0.05, 0) is 61.7 Å². The molecule has 0 heterocycles. The second-order valence-electron chi connectivity index (χ2n) is 10.1. The Kier molecular flexibility index (Phi) is 4.20. The Morgan fingerprint density at radius 2 is 2.00 bits per heavy atom. The first-order chi connectivity index (χ1) is 14.3. The Morgan fingerprint density at radius 3 is 2.77 bits per heavy atom. The largest absolute Gasteiger partial charge is 0.465 e. The summed E-state index contributed by atoms with van der Waals surface area (Å²) in [7, 11) is 0. The van der Waals surface area contributed by atoms with Crippen LogP contribution in [0.25, 0.3) is 0 Å². The van der Waals surface area contributed by atoms with Gasteiger partial charge in [-0.25, -0.2) is 0 Å². The molecule has 30 heavy (non-hydrogen) atoms. The van der Waals surface area contributed by atoms with Gasteiger partial charge >= 0.3 is 5.97 Å². The average Bonchev–Trinajstić information content (AvgIpc) is 3.16. The normalized spacial score (nSPS) is 39.1. The Bertz CT molecular complexity index is 993. The third-order valence-corrected chi connectivity index (χ3v) is 8.63. The number of hydrogen-bond acceptors (Lipinski definition) is 4. The molecule has 5 aliphatic carbocycles. The molecule has 0 saturated heterocycles. The van der Waals surface area contributed by atoms with Crippen molar-refractivity contribution in [3.05, 3.63) is 46.6 Å². The van der Waals surface area contributed by atoms with Gasteiger partial charge in [0.05, 0.1) is 12.0 Å². The molecule has 1 fully saturated rings. The van der Waals surface area contributed by atoms with Crippen molar-refractivity contribution in [3.8, 4) is 0 Å². The van der Waals surface area contributed by atoms with Crippen molar-refractivity contribution in [2.75, 3.05) is 6.61 Å². The highest BCUT2D eigenvalue weighted by Crippen LogP contribution is 2.69. The van der Waals surface area contributed by atoms with E-state index in [2.05, 4.69) is 19.9 Å². The van der Waals surface area contributed by atoms with Crippen LogP contribution in [0.4, 0.5) is 0 Å². The number of fused-ring (bicyclic) bond motifs is 3. The fourth-order valence-corrected chi connectivity index (χ4v) is 6.91. The van der Waals surface area contributed by atoms with Crippen LogP contribution in [0, 0.1) is 22.2 Å². The number of ketones is 2. The molecule has 5 aliphatic rings. The zero-order chi connectivity index (χ0) is 21.3. The summed E-state index contributed by atoms with van der Waals surface area (Å²) in [5.74, 6) is -0.351. The van der Waals surface area contributed by atoms with E-state index in [0.717, 1.165) is 48.8 Å². The van der Waals surface area contributed by atoms with Crippen molar-refractivity contribution >= 4 is 17.5 Å². The van der Waals surface area contributed by atoms with Crippen LogP contribution in [-0.4, -0.2) is 24.1 Å². The summed E-state index contributed by atoms with van der Waals surface area (Å²) in [6.45, 7) is 6.78.